The van der Waals surface area contributed by atoms with Crippen LogP contribution in [-0.2, 0) is 52.5 Å². The molecule has 1 fully saturated rings. The van der Waals surface area contributed by atoms with Crippen molar-refractivity contribution in [3.8, 4) is 0 Å². The molecule has 7 atom stereocenters. The molecule has 2 aliphatic heterocycles. The van der Waals surface area contributed by atoms with E-state index < -0.39 is 42.0 Å². The lowest BCUT2D eigenvalue weighted by molar-refractivity contribution is -0.152. The van der Waals surface area contributed by atoms with Gasteiger partial charge in [-0.05, 0) is 50.8 Å². The van der Waals surface area contributed by atoms with Crippen LogP contribution in [0.2, 0.25) is 0 Å². The molecule has 0 spiro atoms. The first-order valence-electron chi connectivity index (χ1n) is 23.5. The van der Waals surface area contributed by atoms with Crippen LogP contribution in [0.4, 0.5) is 0 Å². The van der Waals surface area contributed by atoms with Crippen LogP contribution in [0.5, 0.6) is 0 Å². The summed E-state index contributed by atoms with van der Waals surface area (Å²) >= 11 is 1.17. The molecule has 67 heavy (non-hydrogen) atoms. The zero-order valence-electron chi connectivity index (χ0n) is 40.4. The van der Waals surface area contributed by atoms with E-state index in [9.17, 15) is 33.6 Å². The van der Waals surface area contributed by atoms with Crippen molar-refractivity contribution in [2.45, 2.75) is 117 Å². The fourth-order valence-corrected chi connectivity index (χ4v) is 9.11. The molecule has 18 heteroatoms. The number of rotatable bonds is 29. The van der Waals surface area contributed by atoms with E-state index in [4.69, 9.17) is 23.7 Å². The van der Waals surface area contributed by atoms with Gasteiger partial charge in [-0.2, -0.15) is 0 Å². The maximum absolute atomic E-state index is 14.4. The summed E-state index contributed by atoms with van der Waals surface area (Å²) in [6, 6.07) is 7.79. The Morgan fingerprint density at radius 1 is 0.896 bits per heavy atom. The van der Waals surface area contributed by atoms with E-state index in [0.29, 0.717) is 10.6 Å². The minimum absolute atomic E-state index is 0.0260. The van der Waals surface area contributed by atoms with Gasteiger partial charge in [-0.3, -0.25) is 43.4 Å². The molecule has 0 aliphatic carbocycles. The number of carbonyl (C=O) groups is 7. The summed E-state index contributed by atoms with van der Waals surface area (Å²) in [5, 5.41) is 4.90. The molecule has 1 saturated heterocycles. The standard InChI is InChI=1S/C49H71N5O12S/c1-9-33(4)37(29-41(56)39-17-13-14-21-52(39)7)49(61)53(8)40(32(2)3)30-42(65-35(6)55)48-51-38(31-67-48)47(60)50-34(5)46(36-15-11-10-12-16-36)66-45(59)20-23-62-25-27-64-28-26-63-24-22-54-43(57)18-19-44(54)58/h10-12,15-16,18-19,31-34,37,39-40,42,46H,9,13-14,17,20-30H2,1-8H3,(H,50,60)/t33-,34+,37-,39+,40+,42+,46+/m0/s1. The van der Waals surface area contributed by atoms with Crippen molar-refractivity contribution in [2.24, 2.45) is 17.8 Å². The van der Waals surface area contributed by atoms with E-state index >= 15 is 0 Å². The average molecular weight is 954 g/mol. The summed E-state index contributed by atoms with van der Waals surface area (Å²) in [7, 11) is 3.72. The molecule has 17 nitrogen and oxygen atoms in total. The Morgan fingerprint density at radius 2 is 1.54 bits per heavy atom. The van der Waals surface area contributed by atoms with Crippen LogP contribution in [0, 0.1) is 17.8 Å². The number of ether oxygens (including phenoxy) is 5. The number of benzene rings is 1. The lowest BCUT2D eigenvalue weighted by Gasteiger charge is -2.37. The molecule has 0 saturated carbocycles. The number of ketones is 1. The number of esters is 2. The van der Waals surface area contributed by atoms with Gasteiger partial charge < -0.3 is 33.9 Å². The van der Waals surface area contributed by atoms with E-state index in [1.807, 2.05) is 52.9 Å². The highest BCUT2D eigenvalue weighted by atomic mass is 32.1. The van der Waals surface area contributed by atoms with Crippen molar-refractivity contribution < 1.29 is 57.2 Å². The number of hydrogen-bond donors (Lipinski definition) is 1. The minimum atomic E-state index is -0.861. The highest BCUT2D eigenvalue weighted by Crippen LogP contribution is 2.33. The first-order chi connectivity index (χ1) is 32.0. The van der Waals surface area contributed by atoms with Crippen molar-refractivity contribution >= 4 is 52.7 Å². The van der Waals surface area contributed by atoms with Crippen molar-refractivity contribution in [3.05, 3.63) is 64.1 Å². The van der Waals surface area contributed by atoms with Gasteiger partial charge in [0.25, 0.3) is 17.7 Å². The summed E-state index contributed by atoms with van der Waals surface area (Å²) in [6.45, 7) is 13.4. The summed E-state index contributed by atoms with van der Waals surface area (Å²) < 4.78 is 28.2. The number of imide groups is 1. The molecule has 370 valence electrons. The van der Waals surface area contributed by atoms with Crippen LogP contribution < -0.4 is 5.32 Å². The molecule has 3 heterocycles. The van der Waals surface area contributed by atoms with Crippen molar-refractivity contribution in [1.29, 1.82) is 0 Å². The Kier molecular flexibility index (Phi) is 22.7. The Balaban J connectivity index is 1.31. The third-order valence-corrected chi connectivity index (χ3v) is 13.3. The number of aromatic nitrogens is 1. The first-order valence-corrected chi connectivity index (χ1v) is 24.3. The zero-order valence-corrected chi connectivity index (χ0v) is 41.3. The number of carbonyl (C=O) groups excluding carboxylic acids is 7. The average Bonchev–Trinajstić information content (AvgIpc) is 3.93. The summed E-state index contributed by atoms with van der Waals surface area (Å²) in [5.74, 6) is -2.90. The summed E-state index contributed by atoms with van der Waals surface area (Å²) in [6.07, 6.45) is 4.67. The second kappa shape index (κ2) is 27.8. The molecule has 4 rings (SSSR count). The van der Waals surface area contributed by atoms with Gasteiger partial charge in [-0.15, -0.1) is 11.3 Å². The maximum Gasteiger partial charge on any atom is 0.308 e. The van der Waals surface area contributed by atoms with Crippen LogP contribution in [0.25, 0.3) is 0 Å². The fourth-order valence-electron chi connectivity index (χ4n) is 8.28. The lowest BCUT2D eigenvalue weighted by Crippen LogP contribution is -2.48. The molecule has 2 aliphatic rings. The number of piperidine rings is 1. The number of likely N-dealkylation sites (N-methyl/N-ethyl adjacent to an activating group) is 1. The predicted octanol–water partition coefficient (Wildman–Crippen LogP) is 5.49. The molecule has 4 amide bonds. The van der Waals surface area contributed by atoms with Crippen LogP contribution in [-0.4, -0.2) is 146 Å². The molecule has 1 N–H and O–H groups in total. The smallest absolute Gasteiger partial charge is 0.308 e. The largest absolute Gasteiger partial charge is 0.455 e. The Morgan fingerprint density at radius 3 is 2.15 bits per heavy atom. The normalized spacial score (nSPS) is 18.0. The monoisotopic (exact) mass is 953 g/mol. The number of Topliss-reactive ketones (excluding diaryl/α,β-unsaturated/α-hetero) is 1. The van der Waals surface area contributed by atoms with Gasteiger partial charge in [-0.1, -0.05) is 70.9 Å². The predicted molar refractivity (Wildman–Crippen MR) is 251 cm³/mol. The van der Waals surface area contributed by atoms with E-state index in [1.165, 1.54) is 30.4 Å². The van der Waals surface area contributed by atoms with Gasteiger partial charge in [-0.25, -0.2) is 4.98 Å². The molecule has 0 bridgehead atoms. The van der Waals surface area contributed by atoms with Gasteiger partial charge in [0.05, 0.1) is 64.7 Å². The van der Waals surface area contributed by atoms with Gasteiger partial charge in [0, 0.05) is 56.3 Å². The molecule has 0 radical (unpaired) electrons. The summed E-state index contributed by atoms with van der Waals surface area (Å²) in [4.78, 5) is 99.9. The van der Waals surface area contributed by atoms with Crippen LogP contribution in [0.15, 0.2) is 47.9 Å². The van der Waals surface area contributed by atoms with Crippen LogP contribution in [0.3, 0.4) is 0 Å². The molecule has 1 aromatic carbocycles. The van der Waals surface area contributed by atoms with E-state index in [-0.39, 0.29) is 119 Å². The van der Waals surface area contributed by atoms with E-state index in [0.717, 1.165) is 37.1 Å². The fraction of sp³-hybridized carbons (Fsp3) is 0.633. The minimum Gasteiger partial charge on any atom is -0.455 e. The van der Waals surface area contributed by atoms with E-state index in [2.05, 4.69) is 15.2 Å². The molecule has 1 aromatic heterocycles. The second-order valence-electron chi connectivity index (χ2n) is 17.7. The van der Waals surface area contributed by atoms with Gasteiger partial charge in [0.15, 0.2) is 11.9 Å². The maximum atomic E-state index is 14.4. The Labute approximate surface area is 399 Å². The molecule has 2 aromatic rings. The second-order valence-corrected chi connectivity index (χ2v) is 18.5. The van der Waals surface area contributed by atoms with Gasteiger partial charge >= 0.3 is 11.9 Å². The third-order valence-electron chi connectivity index (χ3n) is 12.4. The number of amides is 4. The molecular formula is C49H71N5O12S. The number of nitrogens with one attached hydrogen (secondary N) is 1. The lowest BCUT2D eigenvalue weighted by atomic mass is 9.83. The molecule has 0 unspecified atom stereocenters. The highest BCUT2D eigenvalue weighted by Gasteiger charge is 2.38. The molecular weight excluding hydrogens is 883 g/mol. The third kappa shape index (κ3) is 17.0. The summed E-state index contributed by atoms with van der Waals surface area (Å²) in [5.41, 5.74) is 0.759. The first kappa shape index (κ1) is 54.7. The number of likely N-dealkylation sites (tertiary alicyclic amines) is 1. The van der Waals surface area contributed by atoms with Crippen molar-refractivity contribution in [1.82, 2.24) is 25.0 Å². The quantitative estimate of drug-likeness (QED) is 0.0610. The van der Waals surface area contributed by atoms with Crippen molar-refractivity contribution in [2.75, 3.05) is 66.8 Å². The van der Waals surface area contributed by atoms with Crippen molar-refractivity contribution in [3.63, 3.8) is 0 Å². The van der Waals surface area contributed by atoms with E-state index in [1.54, 1.807) is 36.4 Å². The van der Waals surface area contributed by atoms with Crippen LogP contribution >= 0.6 is 11.3 Å². The topological polar surface area (TPSA) is 200 Å². The number of thiazole rings is 1. The van der Waals surface area contributed by atoms with Gasteiger partial charge in [0.1, 0.15) is 16.8 Å². The Hall–Kier alpha value is -4.88. The zero-order chi connectivity index (χ0) is 49.0. The number of nitrogens with zero attached hydrogens (tertiary/aromatic N) is 4. The highest BCUT2D eigenvalue weighted by molar-refractivity contribution is 7.09. The Bertz CT molecular complexity index is 1960. The van der Waals surface area contributed by atoms with Gasteiger partial charge in [0.2, 0.25) is 5.91 Å². The number of hydrogen-bond acceptors (Lipinski definition) is 15. The van der Waals surface area contributed by atoms with Crippen LogP contribution in [0.1, 0.15) is 120 Å². The SMILES string of the molecule is CC[C@H](C)[C@H](CC(=O)[C@H]1CCCCN1C)C(=O)N(C)[C@H](C[C@@H](OC(C)=O)c1nc(C(=O)N[C@H](C)[C@@H](OC(=O)CCOCCOCCOCCN2C(=O)C=CC2=O)c2ccccc2)cs1)C(C)C.